The highest BCUT2D eigenvalue weighted by Crippen LogP contribution is 2.24. The summed E-state index contributed by atoms with van der Waals surface area (Å²) >= 11 is 0. The van der Waals surface area contributed by atoms with Gasteiger partial charge in [-0.3, -0.25) is 14.8 Å². The molecule has 0 saturated heterocycles. The molecule has 0 spiro atoms. The molecule has 1 aromatic carbocycles. The Balaban J connectivity index is 1.63. The maximum atomic E-state index is 13.1. The standard InChI is InChI=1S/C19H21FN6O/c1-19(2,14-3-5-15(20)6-4-14)12-21-17-7-8-18(25-24-17)26(13-27)11-16-9-10-22-23-16/h3-10,13H,11-12H2,1-2H3,(H,21,24)(H,22,23). The third-order valence-corrected chi connectivity index (χ3v) is 4.31. The van der Waals surface area contributed by atoms with E-state index in [1.165, 1.54) is 17.0 Å². The highest BCUT2D eigenvalue weighted by Gasteiger charge is 2.20. The van der Waals surface area contributed by atoms with Crippen LogP contribution in [0.1, 0.15) is 25.1 Å². The molecular weight excluding hydrogens is 347 g/mol. The van der Waals surface area contributed by atoms with Crippen LogP contribution in [0.5, 0.6) is 0 Å². The smallest absolute Gasteiger partial charge is 0.215 e. The molecule has 0 fully saturated rings. The van der Waals surface area contributed by atoms with Gasteiger partial charge in [-0.1, -0.05) is 26.0 Å². The maximum Gasteiger partial charge on any atom is 0.215 e. The highest BCUT2D eigenvalue weighted by molar-refractivity contribution is 5.72. The number of aromatic amines is 1. The van der Waals surface area contributed by atoms with E-state index in [1.54, 1.807) is 36.5 Å². The second-order valence-electron chi connectivity index (χ2n) is 6.84. The number of carbonyl (C=O) groups excluding carboxylic acids is 1. The van der Waals surface area contributed by atoms with Gasteiger partial charge in [0.05, 0.1) is 12.2 Å². The number of benzene rings is 1. The number of hydrogen-bond acceptors (Lipinski definition) is 5. The zero-order valence-corrected chi connectivity index (χ0v) is 15.2. The number of amides is 1. The number of nitrogens with one attached hydrogen (secondary N) is 2. The van der Waals surface area contributed by atoms with Gasteiger partial charge >= 0.3 is 0 Å². The molecule has 8 heteroatoms. The summed E-state index contributed by atoms with van der Waals surface area (Å²) in [6.07, 6.45) is 2.33. The normalized spacial score (nSPS) is 11.2. The summed E-state index contributed by atoms with van der Waals surface area (Å²) in [6.45, 7) is 5.06. The van der Waals surface area contributed by atoms with Crippen LogP contribution >= 0.6 is 0 Å². The molecule has 2 aromatic heterocycles. The second-order valence-corrected chi connectivity index (χ2v) is 6.84. The summed E-state index contributed by atoms with van der Waals surface area (Å²) in [6, 6.07) is 11.8. The number of anilines is 2. The number of rotatable bonds is 8. The van der Waals surface area contributed by atoms with Gasteiger partial charge < -0.3 is 5.32 Å². The van der Waals surface area contributed by atoms with E-state index < -0.39 is 0 Å². The quantitative estimate of drug-likeness (QED) is 0.597. The molecule has 0 aliphatic heterocycles. The SMILES string of the molecule is CC(C)(CNc1ccc(N(C=O)Cc2ccn[nH]2)nn1)c1ccc(F)cc1. The molecule has 2 N–H and O–H groups in total. The molecule has 2 heterocycles. The molecule has 0 radical (unpaired) electrons. The van der Waals surface area contributed by atoms with Crippen molar-refractivity contribution in [2.75, 3.05) is 16.8 Å². The van der Waals surface area contributed by atoms with Crippen molar-refractivity contribution in [1.29, 1.82) is 0 Å². The Bertz CT molecular complexity index is 862. The van der Waals surface area contributed by atoms with Crippen LogP contribution in [-0.2, 0) is 16.8 Å². The van der Waals surface area contributed by atoms with Gasteiger partial charge in [0.2, 0.25) is 6.41 Å². The number of H-pyrrole nitrogens is 1. The monoisotopic (exact) mass is 368 g/mol. The molecule has 0 saturated carbocycles. The van der Waals surface area contributed by atoms with Crippen LogP contribution in [-0.4, -0.2) is 33.3 Å². The van der Waals surface area contributed by atoms with Gasteiger partial charge in [-0.2, -0.15) is 5.10 Å². The Morgan fingerprint density at radius 2 is 1.93 bits per heavy atom. The van der Waals surface area contributed by atoms with Gasteiger partial charge in [0.15, 0.2) is 5.82 Å². The Kier molecular flexibility index (Phi) is 5.44. The van der Waals surface area contributed by atoms with E-state index in [0.717, 1.165) is 11.3 Å². The number of carbonyl (C=O) groups is 1. The maximum absolute atomic E-state index is 13.1. The van der Waals surface area contributed by atoms with Gasteiger partial charge in [-0.15, -0.1) is 10.2 Å². The fraction of sp³-hybridized carbons (Fsp3) is 0.263. The van der Waals surface area contributed by atoms with Gasteiger partial charge in [-0.05, 0) is 35.9 Å². The Labute approximate surface area is 156 Å². The van der Waals surface area contributed by atoms with Gasteiger partial charge in [0.25, 0.3) is 0 Å². The first-order chi connectivity index (χ1) is 13.0. The van der Waals surface area contributed by atoms with Crippen LogP contribution in [0.3, 0.4) is 0 Å². The molecule has 1 amide bonds. The van der Waals surface area contributed by atoms with Crippen molar-refractivity contribution < 1.29 is 9.18 Å². The number of hydrogen-bond donors (Lipinski definition) is 2. The lowest BCUT2D eigenvalue weighted by atomic mass is 9.84. The Morgan fingerprint density at radius 1 is 1.15 bits per heavy atom. The van der Waals surface area contributed by atoms with Crippen molar-refractivity contribution in [1.82, 2.24) is 20.4 Å². The van der Waals surface area contributed by atoms with Crippen LogP contribution in [0.25, 0.3) is 0 Å². The number of aromatic nitrogens is 4. The van der Waals surface area contributed by atoms with Crippen LogP contribution in [0.15, 0.2) is 48.7 Å². The van der Waals surface area contributed by atoms with Gasteiger partial charge in [0.1, 0.15) is 11.6 Å². The Morgan fingerprint density at radius 3 is 2.52 bits per heavy atom. The lowest BCUT2D eigenvalue weighted by Crippen LogP contribution is -2.28. The first-order valence-electron chi connectivity index (χ1n) is 8.52. The average molecular weight is 368 g/mol. The number of nitrogens with zero attached hydrogens (tertiary/aromatic N) is 4. The molecule has 3 aromatic rings. The summed E-state index contributed by atoms with van der Waals surface area (Å²) in [4.78, 5) is 12.8. The van der Waals surface area contributed by atoms with Crippen molar-refractivity contribution in [2.45, 2.75) is 25.8 Å². The van der Waals surface area contributed by atoms with E-state index in [1.807, 2.05) is 0 Å². The molecule has 0 aliphatic rings. The zero-order chi connectivity index (χ0) is 19.3. The third-order valence-electron chi connectivity index (χ3n) is 4.31. The van der Waals surface area contributed by atoms with E-state index in [4.69, 9.17) is 0 Å². The van der Waals surface area contributed by atoms with Crippen molar-refractivity contribution in [3.8, 4) is 0 Å². The lowest BCUT2D eigenvalue weighted by molar-refractivity contribution is -0.107. The largest absolute Gasteiger partial charge is 0.368 e. The summed E-state index contributed by atoms with van der Waals surface area (Å²) < 4.78 is 13.1. The summed E-state index contributed by atoms with van der Waals surface area (Å²) in [5, 5.41) is 18.2. The van der Waals surface area contributed by atoms with Crippen LogP contribution in [0.2, 0.25) is 0 Å². The molecule has 7 nitrogen and oxygen atoms in total. The highest BCUT2D eigenvalue weighted by atomic mass is 19.1. The summed E-state index contributed by atoms with van der Waals surface area (Å²) in [7, 11) is 0. The molecule has 140 valence electrons. The zero-order valence-electron chi connectivity index (χ0n) is 15.2. The van der Waals surface area contributed by atoms with Crippen molar-refractivity contribution >= 4 is 18.0 Å². The van der Waals surface area contributed by atoms with E-state index >= 15 is 0 Å². The fourth-order valence-corrected chi connectivity index (χ4v) is 2.62. The van der Waals surface area contributed by atoms with E-state index in [9.17, 15) is 9.18 Å². The minimum absolute atomic E-state index is 0.219. The van der Waals surface area contributed by atoms with Gasteiger partial charge in [-0.25, -0.2) is 4.39 Å². The van der Waals surface area contributed by atoms with E-state index in [2.05, 4.69) is 39.6 Å². The van der Waals surface area contributed by atoms with Crippen LogP contribution in [0, 0.1) is 5.82 Å². The predicted octanol–water partition coefficient (Wildman–Crippen LogP) is 2.89. The number of halogens is 1. The Hall–Kier alpha value is -3.29. The fourth-order valence-electron chi connectivity index (χ4n) is 2.62. The summed E-state index contributed by atoms with van der Waals surface area (Å²) in [5.74, 6) is 0.795. The first-order valence-corrected chi connectivity index (χ1v) is 8.52. The predicted molar refractivity (Wildman–Crippen MR) is 101 cm³/mol. The lowest BCUT2D eigenvalue weighted by Gasteiger charge is -2.26. The molecular formula is C19H21FN6O. The van der Waals surface area contributed by atoms with Crippen LogP contribution in [0.4, 0.5) is 16.0 Å². The average Bonchev–Trinajstić information content (AvgIpc) is 3.19. The molecule has 0 unspecified atom stereocenters. The molecule has 0 atom stereocenters. The summed E-state index contributed by atoms with van der Waals surface area (Å²) in [5.41, 5.74) is 1.60. The molecule has 0 aliphatic carbocycles. The minimum Gasteiger partial charge on any atom is -0.368 e. The third kappa shape index (κ3) is 4.66. The topological polar surface area (TPSA) is 86.8 Å². The van der Waals surface area contributed by atoms with E-state index in [-0.39, 0.29) is 11.2 Å². The second kappa shape index (κ2) is 7.94. The first kappa shape index (κ1) is 18.5. The molecule has 3 rings (SSSR count). The molecule has 0 bridgehead atoms. The van der Waals surface area contributed by atoms with Crippen molar-refractivity contribution in [3.63, 3.8) is 0 Å². The van der Waals surface area contributed by atoms with E-state index in [0.29, 0.717) is 31.1 Å². The molecule has 27 heavy (non-hydrogen) atoms. The minimum atomic E-state index is -0.251. The van der Waals surface area contributed by atoms with Crippen molar-refractivity contribution in [2.24, 2.45) is 0 Å². The van der Waals surface area contributed by atoms with Gasteiger partial charge in [0, 0.05) is 18.2 Å². The van der Waals surface area contributed by atoms with Crippen molar-refractivity contribution in [3.05, 3.63) is 65.7 Å². The van der Waals surface area contributed by atoms with Crippen LogP contribution < -0.4 is 10.2 Å².